The van der Waals surface area contributed by atoms with E-state index in [1.807, 2.05) is 0 Å². The molecule has 0 amide bonds. The van der Waals surface area contributed by atoms with Gasteiger partial charge in [0, 0.05) is 24.8 Å². The minimum Gasteiger partial charge on any atom is -0.384 e. The zero-order valence-electron chi connectivity index (χ0n) is 10.1. The predicted octanol–water partition coefficient (Wildman–Crippen LogP) is 2.54. The van der Waals surface area contributed by atoms with Crippen LogP contribution in [0.1, 0.15) is 31.4 Å². The van der Waals surface area contributed by atoms with Crippen molar-refractivity contribution < 1.29 is 0 Å². The molecule has 1 aromatic carbocycles. The van der Waals surface area contributed by atoms with Crippen LogP contribution in [0, 0.1) is 5.41 Å². The van der Waals surface area contributed by atoms with Crippen LogP contribution in [0.15, 0.2) is 18.2 Å². The third kappa shape index (κ3) is 1.71. The van der Waals surface area contributed by atoms with Gasteiger partial charge in [-0.1, -0.05) is 32.0 Å². The molecule has 16 heavy (non-hydrogen) atoms. The van der Waals surface area contributed by atoms with Gasteiger partial charge in [-0.2, -0.15) is 0 Å². The van der Waals surface area contributed by atoms with Gasteiger partial charge in [0.1, 0.15) is 0 Å². The van der Waals surface area contributed by atoms with Gasteiger partial charge in [-0.15, -0.1) is 0 Å². The van der Waals surface area contributed by atoms with Gasteiger partial charge in [0.25, 0.3) is 0 Å². The number of hydrogen-bond acceptors (Lipinski definition) is 2. The van der Waals surface area contributed by atoms with Crippen LogP contribution in [0.3, 0.4) is 0 Å². The number of para-hydroxylation sites is 1. The molecule has 0 bridgehead atoms. The van der Waals surface area contributed by atoms with Crippen molar-refractivity contribution >= 4 is 5.69 Å². The first kappa shape index (κ1) is 10.2. The molecular formula is C14H20N2. The highest BCUT2D eigenvalue weighted by Gasteiger charge is 2.45. The number of hydrogen-bond donors (Lipinski definition) is 2. The van der Waals surface area contributed by atoms with Gasteiger partial charge in [0.05, 0.1) is 0 Å². The van der Waals surface area contributed by atoms with E-state index in [1.54, 1.807) is 0 Å². The highest BCUT2D eigenvalue weighted by Crippen LogP contribution is 2.44. The lowest BCUT2D eigenvalue weighted by atomic mass is 10.1. The Kier molecular flexibility index (Phi) is 2.21. The summed E-state index contributed by atoms with van der Waals surface area (Å²) in [6.07, 6.45) is 2.49. The Labute approximate surface area is 97.4 Å². The Balaban J connectivity index is 1.69. The van der Waals surface area contributed by atoms with E-state index >= 15 is 0 Å². The Hall–Kier alpha value is -1.02. The van der Waals surface area contributed by atoms with Crippen LogP contribution >= 0.6 is 0 Å². The third-order valence-corrected chi connectivity index (χ3v) is 3.99. The molecule has 1 aromatic rings. The van der Waals surface area contributed by atoms with Crippen molar-refractivity contribution in [3.8, 4) is 0 Å². The molecule has 1 fully saturated rings. The van der Waals surface area contributed by atoms with E-state index in [-0.39, 0.29) is 0 Å². The number of anilines is 1. The first-order valence-corrected chi connectivity index (χ1v) is 6.25. The van der Waals surface area contributed by atoms with Gasteiger partial charge in [0.15, 0.2) is 0 Å². The zero-order valence-corrected chi connectivity index (χ0v) is 10.1. The molecule has 1 aliphatic heterocycles. The van der Waals surface area contributed by atoms with Gasteiger partial charge in [-0.25, -0.2) is 0 Å². The van der Waals surface area contributed by atoms with Gasteiger partial charge >= 0.3 is 0 Å². The fourth-order valence-electron chi connectivity index (χ4n) is 2.61. The molecule has 1 heterocycles. The molecule has 1 unspecified atom stereocenters. The van der Waals surface area contributed by atoms with E-state index in [4.69, 9.17) is 0 Å². The Morgan fingerprint density at radius 2 is 2.25 bits per heavy atom. The standard InChI is InChI=1S/C14H20N2/c1-14(2)8-12(14)16-9-11-5-3-4-10-6-7-15-13(10)11/h3-5,12,15-16H,6-9H2,1-2H3. The summed E-state index contributed by atoms with van der Waals surface area (Å²) in [4.78, 5) is 0. The molecule has 2 N–H and O–H groups in total. The first-order valence-electron chi connectivity index (χ1n) is 6.25. The minimum atomic E-state index is 0.519. The highest BCUT2D eigenvalue weighted by molar-refractivity contribution is 5.61. The van der Waals surface area contributed by atoms with Crippen LogP contribution < -0.4 is 10.6 Å². The average Bonchev–Trinajstić information content (AvgIpc) is 2.68. The summed E-state index contributed by atoms with van der Waals surface area (Å²) in [5, 5.41) is 7.15. The number of benzene rings is 1. The lowest BCUT2D eigenvalue weighted by Crippen LogP contribution is -2.20. The Morgan fingerprint density at radius 1 is 1.44 bits per heavy atom. The van der Waals surface area contributed by atoms with Crippen LogP contribution in [-0.2, 0) is 13.0 Å². The molecule has 1 saturated carbocycles. The fourth-order valence-corrected chi connectivity index (χ4v) is 2.61. The quantitative estimate of drug-likeness (QED) is 0.811. The molecule has 3 rings (SSSR count). The molecule has 2 nitrogen and oxygen atoms in total. The summed E-state index contributed by atoms with van der Waals surface area (Å²) < 4.78 is 0. The maximum absolute atomic E-state index is 3.65. The van der Waals surface area contributed by atoms with Crippen molar-refractivity contribution in [2.24, 2.45) is 5.41 Å². The smallest absolute Gasteiger partial charge is 0.0419 e. The molecule has 0 saturated heterocycles. The predicted molar refractivity (Wildman–Crippen MR) is 67.7 cm³/mol. The van der Waals surface area contributed by atoms with Gasteiger partial charge < -0.3 is 10.6 Å². The maximum atomic E-state index is 3.65. The first-order chi connectivity index (χ1) is 7.67. The van der Waals surface area contributed by atoms with Crippen molar-refractivity contribution in [1.29, 1.82) is 0 Å². The van der Waals surface area contributed by atoms with E-state index in [0.717, 1.165) is 13.1 Å². The second kappa shape index (κ2) is 3.49. The molecule has 2 aliphatic rings. The van der Waals surface area contributed by atoms with E-state index < -0.39 is 0 Å². The van der Waals surface area contributed by atoms with Crippen molar-refractivity contribution in [1.82, 2.24) is 5.32 Å². The lowest BCUT2D eigenvalue weighted by Gasteiger charge is -2.11. The topological polar surface area (TPSA) is 24.1 Å². The SMILES string of the molecule is CC1(C)CC1NCc1cccc2c1NCC2. The third-order valence-electron chi connectivity index (χ3n) is 3.99. The molecule has 0 spiro atoms. The lowest BCUT2D eigenvalue weighted by molar-refractivity contribution is 0.542. The fraction of sp³-hybridized carbons (Fsp3) is 0.571. The van der Waals surface area contributed by atoms with Crippen LogP contribution in [0.4, 0.5) is 5.69 Å². The summed E-state index contributed by atoms with van der Waals surface area (Å²) in [6.45, 7) is 6.77. The largest absolute Gasteiger partial charge is 0.384 e. The molecule has 2 heteroatoms. The van der Waals surface area contributed by atoms with Crippen LogP contribution in [0.25, 0.3) is 0 Å². The normalized spacial score (nSPS) is 25.0. The summed E-state index contributed by atoms with van der Waals surface area (Å²) in [6, 6.07) is 7.37. The van der Waals surface area contributed by atoms with E-state index in [1.165, 1.54) is 29.7 Å². The van der Waals surface area contributed by atoms with Gasteiger partial charge in [-0.05, 0) is 29.4 Å². The number of fused-ring (bicyclic) bond motifs is 1. The summed E-state index contributed by atoms with van der Waals surface area (Å²) in [5.74, 6) is 0. The minimum absolute atomic E-state index is 0.519. The zero-order chi connectivity index (χ0) is 11.2. The monoisotopic (exact) mass is 216 g/mol. The van der Waals surface area contributed by atoms with Crippen LogP contribution in [0.2, 0.25) is 0 Å². The second-order valence-corrected chi connectivity index (χ2v) is 5.75. The number of nitrogens with one attached hydrogen (secondary N) is 2. The molecule has 1 atom stereocenters. The highest BCUT2D eigenvalue weighted by atomic mass is 15.0. The van der Waals surface area contributed by atoms with Crippen LogP contribution in [0.5, 0.6) is 0 Å². The molecule has 86 valence electrons. The van der Waals surface area contributed by atoms with Gasteiger partial charge in [0.2, 0.25) is 0 Å². The van der Waals surface area contributed by atoms with Crippen molar-refractivity contribution in [2.75, 3.05) is 11.9 Å². The Bertz CT molecular complexity index is 409. The van der Waals surface area contributed by atoms with E-state index in [9.17, 15) is 0 Å². The van der Waals surface area contributed by atoms with Crippen LogP contribution in [-0.4, -0.2) is 12.6 Å². The van der Waals surface area contributed by atoms with E-state index in [0.29, 0.717) is 11.5 Å². The molecule has 1 aliphatic carbocycles. The van der Waals surface area contributed by atoms with E-state index in [2.05, 4.69) is 42.7 Å². The Morgan fingerprint density at radius 3 is 3.00 bits per heavy atom. The summed E-state index contributed by atoms with van der Waals surface area (Å²) in [7, 11) is 0. The summed E-state index contributed by atoms with van der Waals surface area (Å²) >= 11 is 0. The van der Waals surface area contributed by atoms with Crippen molar-refractivity contribution in [3.63, 3.8) is 0 Å². The molecule has 0 radical (unpaired) electrons. The van der Waals surface area contributed by atoms with Gasteiger partial charge in [-0.3, -0.25) is 0 Å². The molecular weight excluding hydrogens is 196 g/mol. The maximum Gasteiger partial charge on any atom is 0.0419 e. The van der Waals surface area contributed by atoms with Crippen molar-refractivity contribution in [3.05, 3.63) is 29.3 Å². The number of rotatable bonds is 3. The second-order valence-electron chi connectivity index (χ2n) is 5.75. The molecule has 0 aromatic heterocycles. The average molecular weight is 216 g/mol. The summed E-state index contributed by atoms with van der Waals surface area (Å²) in [5.41, 5.74) is 4.81. The van der Waals surface area contributed by atoms with Crippen molar-refractivity contribution in [2.45, 2.75) is 39.3 Å².